The molecule has 126 valence electrons. The number of pyridine rings is 1. The fourth-order valence-electron chi connectivity index (χ4n) is 2.08. The molecule has 2 heterocycles. The summed E-state index contributed by atoms with van der Waals surface area (Å²) in [6, 6.07) is 9.59. The first-order valence-corrected chi connectivity index (χ1v) is 7.47. The van der Waals surface area contributed by atoms with E-state index in [1.165, 1.54) is 24.5 Å². The number of nitrogens with one attached hydrogen (secondary N) is 2. The van der Waals surface area contributed by atoms with Crippen molar-refractivity contribution in [3.05, 3.63) is 64.7 Å². The number of halogens is 2. The number of hydrogen-bond donors (Lipinski definition) is 3. The van der Waals surface area contributed by atoms with Gasteiger partial charge in [-0.05, 0) is 30.3 Å². The van der Waals surface area contributed by atoms with Gasteiger partial charge in [0.2, 0.25) is 0 Å². The summed E-state index contributed by atoms with van der Waals surface area (Å²) in [5, 5.41) is 10.1. The Morgan fingerprint density at radius 3 is 2.92 bits per heavy atom. The topological polar surface area (TPSA) is 109 Å². The van der Waals surface area contributed by atoms with Gasteiger partial charge in [0.25, 0.3) is 5.91 Å². The number of amides is 1. The number of H-pyrrole nitrogens is 1. The molecule has 25 heavy (non-hydrogen) atoms. The van der Waals surface area contributed by atoms with E-state index in [0.29, 0.717) is 10.7 Å². The predicted molar refractivity (Wildman–Crippen MR) is 93.3 cm³/mol. The standard InChI is InChI=1S/C16H12ClFN6O/c17-9-3-1-4-10(7-9)22-16-13(14(19)25)15(23-24-16)21-8-12-11(18)5-2-6-20-12/h1-8H,(H2,19,25)(H2,22,23,24). The highest BCUT2D eigenvalue weighted by Crippen LogP contribution is 2.27. The third-order valence-corrected chi connectivity index (χ3v) is 3.42. The Kier molecular flexibility index (Phi) is 4.71. The molecule has 3 rings (SSSR count). The van der Waals surface area contributed by atoms with Crippen molar-refractivity contribution in [3.63, 3.8) is 0 Å². The fourth-order valence-corrected chi connectivity index (χ4v) is 2.27. The second-order valence-corrected chi connectivity index (χ2v) is 5.36. The van der Waals surface area contributed by atoms with Crippen molar-refractivity contribution in [2.24, 2.45) is 10.7 Å². The number of aromatic amines is 1. The maximum Gasteiger partial charge on any atom is 0.256 e. The van der Waals surface area contributed by atoms with Crippen molar-refractivity contribution >= 4 is 41.0 Å². The van der Waals surface area contributed by atoms with Crippen LogP contribution in [0.3, 0.4) is 0 Å². The molecule has 0 unspecified atom stereocenters. The lowest BCUT2D eigenvalue weighted by Crippen LogP contribution is -2.12. The molecule has 1 amide bonds. The number of carbonyl (C=O) groups is 1. The molecule has 2 aromatic heterocycles. The molecule has 0 fully saturated rings. The van der Waals surface area contributed by atoms with Crippen molar-refractivity contribution in [2.75, 3.05) is 5.32 Å². The molecule has 0 radical (unpaired) electrons. The molecule has 7 nitrogen and oxygen atoms in total. The van der Waals surface area contributed by atoms with Crippen LogP contribution in [0, 0.1) is 5.82 Å². The lowest BCUT2D eigenvalue weighted by atomic mass is 10.2. The first kappa shape index (κ1) is 16.6. The lowest BCUT2D eigenvalue weighted by molar-refractivity contribution is 0.100. The fraction of sp³-hybridized carbons (Fsp3) is 0. The van der Waals surface area contributed by atoms with Gasteiger partial charge in [-0.15, -0.1) is 0 Å². The van der Waals surface area contributed by atoms with E-state index in [4.69, 9.17) is 17.3 Å². The number of nitrogens with zero attached hydrogens (tertiary/aromatic N) is 3. The van der Waals surface area contributed by atoms with Crippen LogP contribution >= 0.6 is 11.6 Å². The van der Waals surface area contributed by atoms with E-state index < -0.39 is 11.7 Å². The van der Waals surface area contributed by atoms with Gasteiger partial charge in [-0.2, -0.15) is 5.10 Å². The SMILES string of the molecule is NC(=O)c1c(N=Cc2ncccc2F)n[nH]c1Nc1cccc(Cl)c1. The summed E-state index contributed by atoms with van der Waals surface area (Å²) >= 11 is 5.93. The molecule has 0 saturated carbocycles. The van der Waals surface area contributed by atoms with E-state index in [2.05, 4.69) is 25.5 Å². The molecular weight excluding hydrogens is 347 g/mol. The smallest absolute Gasteiger partial charge is 0.256 e. The minimum atomic E-state index is -0.744. The molecule has 9 heteroatoms. The van der Waals surface area contributed by atoms with Crippen molar-refractivity contribution < 1.29 is 9.18 Å². The summed E-state index contributed by atoms with van der Waals surface area (Å²) in [7, 11) is 0. The van der Waals surface area contributed by atoms with Gasteiger partial charge in [-0.3, -0.25) is 14.9 Å². The maximum atomic E-state index is 13.6. The minimum absolute atomic E-state index is 0.0158. The summed E-state index contributed by atoms with van der Waals surface area (Å²) in [6.45, 7) is 0. The van der Waals surface area contributed by atoms with Crippen molar-refractivity contribution in [2.45, 2.75) is 0 Å². The summed E-state index contributed by atoms with van der Waals surface area (Å²) in [4.78, 5) is 19.6. The third kappa shape index (κ3) is 3.81. The van der Waals surface area contributed by atoms with Gasteiger partial charge < -0.3 is 11.1 Å². The van der Waals surface area contributed by atoms with Crippen molar-refractivity contribution in [3.8, 4) is 0 Å². The molecule has 1 aromatic carbocycles. The van der Waals surface area contributed by atoms with Crippen LogP contribution < -0.4 is 11.1 Å². The Balaban J connectivity index is 1.92. The van der Waals surface area contributed by atoms with Gasteiger partial charge >= 0.3 is 0 Å². The zero-order chi connectivity index (χ0) is 17.8. The van der Waals surface area contributed by atoms with Crippen LogP contribution in [0.4, 0.5) is 21.7 Å². The Labute approximate surface area is 146 Å². The number of benzene rings is 1. The van der Waals surface area contributed by atoms with Crippen LogP contribution in [0.2, 0.25) is 5.02 Å². The molecule has 0 saturated heterocycles. The van der Waals surface area contributed by atoms with E-state index in [9.17, 15) is 9.18 Å². The summed E-state index contributed by atoms with van der Waals surface area (Å²) in [5.74, 6) is -1.02. The van der Waals surface area contributed by atoms with Crippen LogP contribution in [-0.4, -0.2) is 27.3 Å². The summed E-state index contributed by atoms with van der Waals surface area (Å²) in [6.07, 6.45) is 2.59. The van der Waals surface area contributed by atoms with Crippen LogP contribution in [0.15, 0.2) is 47.6 Å². The summed E-state index contributed by atoms with van der Waals surface area (Å²) < 4.78 is 13.6. The van der Waals surface area contributed by atoms with Crippen LogP contribution in [0.25, 0.3) is 0 Å². The lowest BCUT2D eigenvalue weighted by Gasteiger charge is -2.05. The molecule has 4 N–H and O–H groups in total. The van der Waals surface area contributed by atoms with Crippen LogP contribution in [0.5, 0.6) is 0 Å². The van der Waals surface area contributed by atoms with Gasteiger partial charge in [-0.1, -0.05) is 17.7 Å². The van der Waals surface area contributed by atoms with Gasteiger partial charge in [0.15, 0.2) is 5.82 Å². The number of carbonyl (C=O) groups excluding carboxylic acids is 1. The highest BCUT2D eigenvalue weighted by molar-refractivity contribution is 6.30. The number of anilines is 2. The van der Waals surface area contributed by atoms with Gasteiger partial charge in [-0.25, -0.2) is 9.38 Å². The van der Waals surface area contributed by atoms with Gasteiger partial charge in [0.05, 0.1) is 6.21 Å². The van der Waals surface area contributed by atoms with Crippen LogP contribution in [-0.2, 0) is 0 Å². The quantitative estimate of drug-likeness (QED) is 0.608. The van der Waals surface area contributed by atoms with E-state index in [-0.39, 0.29) is 22.9 Å². The number of hydrogen-bond acceptors (Lipinski definition) is 5. The Hall–Kier alpha value is -3.26. The maximum absolute atomic E-state index is 13.6. The number of aromatic nitrogens is 3. The minimum Gasteiger partial charge on any atom is -0.365 e. The highest BCUT2D eigenvalue weighted by atomic mass is 35.5. The molecule has 3 aromatic rings. The Morgan fingerprint density at radius 1 is 1.36 bits per heavy atom. The van der Waals surface area contributed by atoms with E-state index in [0.717, 1.165) is 0 Å². The van der Waals surface area contributed by atoms with E-state index in [1.54, 1.807) is 24.3 Å². The monoisotopic (exact) mass is 358 g/mol. The largest absolute Gasteiger partial charge is 0.365 e. The zero-order valence-electron chi connectivity index (χ0n) is 12.7. The molecule has 0 spiro atoms. The Morgan fingerprint density at radius 2 is 2.20 bits per heavy atom. The van der Waals surface area contributed by atoms with E-state index >= 15 is 0 Å². The highest BCUT2D eigenvalue weighted by Gasteiger charge is 2.18. The van der Waals surface area contributed by atoms with Gasteiger partial charge in [0.1, 0.15) is 22.9 Å². The molecular formula is C16H12ClFN6O. The molecule has 0 atom stereocenters. The first-order chi connectivity index (χ1) is 12.0. The number of primary amides is 1. The van der Waals surface area contributed by atoms with Crippen LogP contribution in [0.1, 0.15) is 16.1 Å². The predicted octanol–water partition coefficient (Wildman–Crippen LogP) is 3.19. The average Bonchev–Trinajstić information content (AvgIpc) is 2.97. The second-order valence-electron chi connectivity index (χ2n) is 4.93. The average molecular weight is 359 g/mol. The van der Waals surface area contributed by atoms with Crippen molar-refractivity contribution in [1.82, 2.24) is 15.2 Å². The zero-order valence-corrected chi connectivity index (χ0v) is 13.5. The van der Waals surface area contributed by atoms with Gasteiger partial charge in [0, 0.05) is 16.9 Å². The third-order valence-electron chi connectivity index (χ3n) is 3.18. The number of nitrogens with two attached hydrogens (primary N) is 1. The normalized spacial score (nSPS) is 11.0. The van der Waals surface area contributed by atoms with E-state index in [1.807, 2.05) is 0 Å². The molecule has 0 aliphatic carbocycles. The number of rotatable bonds is 5. The molecule has 0 bridgehead atoms. The molecule has 0 aliphatic rings. The first-order valence-electron chi connectivity index (χ1n) is 7.10. The molecule has 0 aliphatic heterocycles. The van der Waals surface area contributed by atoms with Crippen molar-refractivity contribution in [1.29, 1.82) is 0 Å². The summed E-state index contributed by atoms with van der Waals surface area (Å²) in [5.41, 5.74) is 6.10. The number of aliphatic imine (C=N–C) groups is 1. The Bertz CT molecular complexity index is 955. The second kappa shape index (κ2) is 7.10.